The highest BCUT2D eigenvalue weighted by atomic mass is 79.9. The lowest BCUT2D eigenvalue weighted by Crippen LogP contribution is -2.48. The van der Waals surface area contributed by atoms with E-state index in [9.17, 15) is 9.59 Å². The summed E-state index contributed by atoms with van der Waals surface area (Å²) >= 11 is 3.43. The molecule has 0 atom stereocenters. The normalized spacial score (nSPS) is 17.7. The van der Waals surface area contributed by atoms with Gasteiger partial charge in [-0.15, -0.1) is 0 Å². The van der Waals surface area contributed by atoms with Crippen molar-refractivity contribution in [2.45, 2.75) is 36.9 Å². The van der Waals surface area contributed by atoms with Crippen LogP contribution in [0.25, 0.3) is 0 Å². The molecule has 86 valence electrons. The number of rotatable bonds is 5. The summed E-state index contributed by atoms with van der Waals surface area (Å²) in [6, 6.07) is 0. The van der Waals surface area contributed by atoms with E-state index in [1.165, 1.54) is 0 Å². The number of hydrogen-bond acceptors (Lipinski definition) is 2. The monoisotopic (exact) mass is 276 g/mol. The molecule has 0 unspecified atom stereocenters. The zero-order valence-corrected chi connectivity index (χ0v) is 10.5. The minimum atomic E-state index is -0.332. The number of carbonyl (C=O) groups excluding carboxylic acids is 2. The Hall–Kier alpha value is -0.580. The molecule has 0 aromatic carbocycles. The van der Waals surface area contributed by atoms with Gasteiger partial charge in [-0.05, 0) is 19.3 Å². The lowest BCUT2D eigenvalue weighted by Gasteiger charge is -2.34. The second kappa shape index (κ2) is 5.49. The second-order valence-electron chi connectivity index (χ2n) is 3.78. The maximum atomic E-state index is 11.6. The molecule has 2 amide bonds. The number of carbonyl (C=O) groups is 2. The summed E-state index contributed by atoms with van der Waals surface area (Å²) < 4.78 is -0.332. The SMILES string of the molecule is CCC(=O)NCCNC(=O)C1(Br)CCC1. The standard InChI is InChI=1S/C10H17BrN2O2/c1-2-8(14)12-6-7-13-9(15)10(11)4-3-5-10/h2-7H2,1H3,(H,12,14)(H,13,15). The molecule has 1 saturated carbocycles. The van der Waals surface area contributed by atoms with Gasteiger partial charge in [0.05, 0.1) is 0 Å². The molecule has 0 radical (unpaired) electrons. The van der Waals surface area contributed by atoms with Gasteiger partial charge in [-0.25, -0.2) is 0 Å². The van der Waals surface area contributed by atoms with Crippen LogP contribution in [0.2, 0.25) is 0 Å². The van der Waals surface area contributed by atoms with Crippen molar-refractivity contribution in [2.24, 2.45) is 0 Å². The van der Waals surface area contributed by atoms with E-state index in [-0.39, 0.29) is 16.1 Å². The van der Waals surface area contributed by atoms with Crippen LogP contribution in [0.5, 0.6) is 0 Å². The van der Waals surface area contributed by atoms with Crippen LogP contribution in [0.3, 0.4) is 0 Å². The molecule has 15 heavy (non-hydrogen) atoms. The molecule has 0 heterocycles. The third kappa shape index (κ3) is 3.48. The Kier molecular flexibility index (Phi) is 4.57. The smallest absolute Gasteiger partial charge is 0.236 e. The van der Waals surface area contributed by atoms with Gasteiger partial charge in [-0.3, -0.25) is 9.59 Å². The molecule has 4 nitrogen and oxygen atoms in total. The minimum absolute atomic E-state index is 0.0152. The molecule has 0 saturated heterocycles. The van der Waals surface area contributed by atoms with Crippen LogP contribution in [-0.4, -0.2) is 29.2 Å². The van der Waals surface area contributed by atoms with Gasteiger partial charge in [0.15, 0.2) is 0 Å². The fraction of sp³-hybridized carbons (Fsp3) is 0.800. The molecule has 0 aromatic heterocycles. The quantitative estimate of drug-likeness (QED) is 0.580. The molecule has 1 aliphatic rings. The molecule has 5 heteroatoms. The molecule has 1 rings (SSSR count). The number of halogens is 1. The first-order valence-electron chi connectivity index (χ1n) is 5.32. The van der Waals surface area contributed by atoms with E-state index in [0.29, 0.717) is 19.5 Å². The van der Waals surface area contributed by atoms with Gasteiger partial charge < -0.3 is 10.6 Å². The molecule has 2 N–H and O–H groups in total. The Morgan fingerprint density at radius 3 is 2.33 bits per heavy atom. The Balaban J connectivity index is 2.10. The van der Waals surface area contributed by atoms with E-state index in [1.54, 1.807) is 6.92 Å². The average molecular weight is 277 g/mol. The largest absolute Gasteiger partial charge is 0.354 e. The van der Waals surface area contributed by atoms with Gasteiger partial charge >= 0.3 is 0 Å². The van der Waals surface area contributed by atoms with E-state index in [1.807, 2.05) is 0 Å². The van der Waals surface area contributed by atoms with E-state index in [2.05, 4.69) is 26.6 Å². The number of nitrogens with one attached hydrogen (secondary N) is 2. The van der Waals surface area contributed by atoms with Gasteiger partial charge in [-0.1, -0.05) is 22.9 Å². The van der Waals surface area contributed by atoms with Gasteiger partial charge in [0.2, 0.25) is 11.8 Å². The fourth-order valence-electron chi connectivity index (χ4n) is 1.38. The van der Waals surface area contributed by atoms with Gasteiger partial charge in [0, 0.05) is 19.5 Å². The van der Waals surface area contributed by atoms with Crippen molar-refractivity contribution in [1.29, 1.82) is 0 Å². The van der Waals surface area contributed by atoms with E-state index in [4.69, 9.17) is 0 Å². The Labute approximate surface area is 98.3 Å². The molecule has 0 spiro atoms. The lowest BCUT2D eigenvalue weighted by molar-refractivity contribution is -0.125. The van der Waals surface area contributed by atoms with Crippen LogP contribution in [0.15, 0.2) is 0 Å². The first kappa shape index (κ1) is 12.5. The number of alkyl halides is 1. The van der Waals surface area contributed by atoms with Crippen LogP contribution in [0, 0.1) is 0 Å². The molecule has 1 fully saturated rings. The second-order valence-corrected chi connectivity index (χ2v) is 5.30. The topological polar surface area (TPSA) is 58.2 Å². The van der Waals surface area contributed by atoms with E-state index < -0.39 is 0 Å². The molecule has 0 aliphatic heterocycles. The third-order valence-electron chi connectivity index (χ3n) is 2.61. The summed E-state index contributed by atoms with van der Waals surface area (Å²) in [6.45, 7) is 2.80. The van der Waals surface area contributed by atoms with Crippen molar-refractivity contribution in [3.05, 3.63) is 0 Å². The maximum Gasteiger partial charge on any atom is 0.236 e. The Morgan fingerprint density at radius 1 is 1.27 bits per heavy atom. The van der Waals surface area contributed by atoms with Crippen LogP contribution >= 0.6 is 15.9 Å². The summed E-state index contributed by atoms with van der Waals surface area (Å²) in [4.78, 5) is 22.5. The first-order chi connectivity index (χ1) is 7.08. The maximum absolute atomic E-state index is 11.6. The van der Waals surface area contributed by atoms with Crippen molar-refractivity contribution in [2.75, 3.05) is 13.1 Å². The van der Waals surface area contributed by atoms with E-state index >= 15 is 0 Å². The van der Waals surface area contributed by atoms with Crippen LogP contribution in [-0.2, 0) is 9.59 Å². The molecular weight excluding hydrogens is 260 g/mol. The fourth-order valence-corrected chi connectivity index (χ4v) is 2.08. The highest BCUT2D eigenvalue weighted by Gasteiger charge is 2.41. The summed E-state index contributed by atoms with van der Waals surface area (Å²) in [5.41, 5.74) is 0. The average Bonchev–Trinajstić information content (AvgIpc) is 2.20. The minimum Gasteiger partial charge on any atom is -0.354 e. The summed E-state index contributed by atoms with van der Waals surface area (Å²) in [7, 11) is 0. The van der Waals surface area contributed by atoms with Gasteiger partial charge in [-0.2, -0.15) is 0 Å². The predicted molar refractivity (Wildman–Crippen MR) is 61.8 cm³/mol. The zero-order chi connectivity index (χ0) is 11.3. The zero-order valence-electron chi connectivity index (χ0n) is 8.94. The molecule has 0 bridgehead atoms. The van der Waals surface area contributed by atoms with Crippen LogP contribution in [0.4, 0.5) is 0 Å². The third-order valence-corrected chi connectivity index (χ3v) is 3.76. The Bertz CT molecular complexity index is 252. The molecular formula is C10H17BrN2O2. The van der Waals surface area contributed by atoms with Crippen molar-refractivity contribution >= 4 is 27.7 Å². The van der Waals surface area contributed by atoms with Crippen molar-refractivity contribution < 1.29 is 9.59 Å². The summed E-state index contributed by atoms with van der Waals surface area (Å²) in [5, 5.41) is 5.51. The number of hydrogen-bond donors (Lipinski definition) is 2. The summed E-state index contributed by atoms with van der Waals surface area (Å²) in [6.07, 6.45) is 3.39. The highest BCUT2D eigenvalue weighted by Crippen LogP contribution is 2.40. The van der Waals surface area contributed by atoms with Crippen molar-refractivity contribution in [3.8, 4) is 0 Å². The van der Waals surface area contributed by atoms with Crippen LogP contribution < -0.4 is 10.6 Å². The summed E-state index contributed by atoms with van der Waals surface area (Å²) in [5.74, 6) is 0.0564. The van der Waals surface area contributed by atoms with Gasteiger partial charge in [0.25, 0.3) is 0 Å². The lowest BCUT2D eigenvalue weighted by atomic mass is 9.84. The first-order valence-corrected chi connectivity index (χ1v) is 6.12. The number of amides is 2. The van der Waals surface area contributed by atoms with Crippen LogP contribution in [0.1, 0.15) is 32.6 Å². The highest BCUT2D eigenvalue weighted by molar-refractivity contribution is 9.10. The van der Waals surface area contributed by atoms with Crippen molar-refractivity contribution in [1.82, 2.24) is 10.6 Å². The van der Waals surface area contributed by atoms with E-state index in [0.717, 1.165) is 19.3 Å². The molecule has 0 aromatic rings. The molecule has 1 aliphatic carbocycles. The predicted octanol–water partition coefficient (Wildman–Crippen LogP) is 0.946. The van der Waals surface area contributed by atoms with Gasteiger partial charge in [0.1, 0.15) is 4.32 Å². The Morgan fingerprint density at radius 2 is 1.87 bits per heavy atom. The van der Waals surface area contributed by atoms with Crippen molar-refractivity contribution in [3.63, 3.8) is 0 Å².